The van der Waals surface area contributed by atoms with Crippen molar-refractivity contribution < 1.29 is 9.67 Å². The molecule has 0 aromatic carbocycles. The maximum atomic E-state index is 9.19. The Labute approximate surface area is 168 Å². The van der Waals surface area contributed by atoms with Gasteiger partial charge >= 0.3 is 0 Å². The van der Waals surface area contributed by atoms with Crippen LogP contribution in [-0.2, 0) is 19.5 Å². The summed E-state index contributed by atoms with van der Waals surface area (Å²) in [6.45, 7) is 6.41. The molecule has 1 aromatic heterocycles. The number of rotatable bonds is 18. The third-order valence-electron chi connectivity index (χ3n) is 5.43. The Morgan fingerprint density at radius 3 is 2.04 bits per heavy atom. The molecule has 0 saturated carbocycles. The van der Waals surface area contributed by atoms with E-state index in [4.69, 9.17) is 0 Å². The quantitative estimate of drug-likeness (QED) is 0.190. The van der Waals surface area contributed by atoms with E-state index in [2.05, 4.69) is 47.5 Å². The van der Waals surface area contributed by atoms with E-state index >= 15 is 0 Å². The topological polar surface area (TPSA) is 29.0 Å². The molecule has 0 aliphatic rings. The zero-order valence-electron chi connectivity index (χ0n) is 18.2. The molecule has 0 bridgehead atoms. The van der Waals surface area contributed by atoms with Crippen LogP contribution in [-0.4, -0.2) is 16.3 Å². The second kappa shape index (κ2) is 17.0. The lowest BCUT2D eigenvalue weighted by Gasteiger charge is -2.03. The van der Waals surface area contributed by atoms with Crippen LogP contribution in [0, 0.1) is 0 Å². The molecule has 0 aliphatic heterocycles. The minimum atomic E-state index is 0.220. The van der Waals surface area contributed by atoms with Gasteiger partial charge in [-0.2, -0.15) is 0 Å². The Kier molecular flexibility index (Phi) is 15.1. The zero-order valence-corrected chi connectivity index (χ0v) is 18.2. The van der Waals surface area contributed by atoms with Gasteiger partial charge in [0.2, 0.25) is 0 Å². The lowest BCUT2D eigenvalue weighted by atomic mass is 10.1. The fraction of sp³-hybridized carbons (Fsp3) is 0.792. The number of aryl methyl sites for hydroxylation is 1. The van der Waals surface area contributed by atoms with Gasteiger partial charge in [-0.05, 0) is 39.0 Å². The van der Waals surface area contributed by atoms with Gasteiger partial charge in [-0.25, -0.2) is 9.13 Å². The van der Waals surface area contributed by atoms with Crippen LogP contribution in [0.2, 0.25) is 0 Å². The summed E-state index contributed by atoms with van der Waals surface area (Å²) >= 11 is 0. The van der Waals surface area contributed by atoms with Crippen molar-refractivity contribution >= 4 is 0 Å². The first-order valence-electron chi connectivity index (χ1n) is 11.7. The third kappa shape index (κ3) is 11.4. The monoisotopic (exact) mass is 377 g/mol. The molecule has 0 fully saturated rings. The predicted octanol–water partition coefficient (Wildman–Crippen LogP) is 5.98. The van der Waals surface area contributed by atoms with E-state index in [9.17, 15) is 5.11 Å². The number of aliphatic hydroxyl groups excluding tert-OH is 1. The van der Waals surface area contributed by atoms with Gasteiger partial charge in [0.25, 0.3) is 5.82 Å². The molecule has 0 aliphatic carbocycles. The molecule has 0 spiro atoms. The van der Waals surface area contributed by atoms with Crippen molar-refractivity contribution in [1.82, 2.24) is 4.57 Å². The fourth-order valence-electron chi connectivity index (χ4n) is 3.74. The van der Waals surface area contributed by atoms with Gasteiger partial charge in [0, 0.05) is 6.42 Å². The molecule has 0 radical (unpaired) electrons. The molecule has 156 valence electrons. The molecule has 1 aromatic rings. The minimum Gasteiger partial charge on any atom is -0.392 e. The molecular formula is C24H45N2O+. The molecule has 3 heteroatoms. The van der Waals surface area contributed by atoms with E-state index in [1.54, 1.807) is 0 Å². The number of hydrogen-bond acceptors (Lipinski definition) is 1. The highest BCUT2D eigenvalue weighted by atomic mass is 16.3. The molecule has 1 heterocycles. The second-order valence-electron chi connectivity index (χ2n) is 7.75. The molecule has 27 heavy (non-hydrogen) atoms. The summed E-state index contributed by atoms with van der Waals surface area (Å²) in [5.74, 6) is 1.36. The zero-order chi connectivity index (χ0) is 19.6. The first-order valence-corrected chi connectivity index (χ1v) is 11.7. The first kappa shape index (κ1) is 23.9. The van der Waals surface area contributed by atoms with E-state index in [0.717, 1.165) is 13.0 Å². The highest BCUT2D eigenvalue weighted by Crippen LogP contribution is 2.10. The molecule has 0 atom stereocenters. The largest absolute Gasteiger partial charge is 0.392 e. The molecule has 0 unspecified atom stereocenters. The number of allylic oxidation sites excluding steroid dienone is 2. The van der Waals surface area contributed by atoms with Gasteiger partial charge in [-0.3, -0.25) is 0 Å². The van der Waals surface area contributed by atoms with E-state index in [0.29, 0.717) is 6.54 Å². The molecular weight excluding hydrogens is 332 g/mol. The SMILES string of the molecule is CCCCCCCC/C=C/CCCCCCCc1n(CC)cc[n+]1CCO. The van der Waals surface area contributed by atoms with Gasteiger partial charge in [0.1, 0.15) is 18.9 Å². The Morgan fingerprint density at radius 2 is 1.44 bits per heavy atom. The summed E-state index contributed by atoms with van der Waals surface area (Å²) in [7, 11) is 0. The standard InChI is InChI=1S/C24H45N2O/c1-3-5-6-7-8-9-10-11-12-13-14-15-16-17-18-19-24-25(4-2)20-21-26(24)22-23-27/h11-12,20-21,27H,3-10,13-19,22-23H2,1-2H3/q+1/b12-11+. The Hall–Kier alpha value is -1.09. The number of hydrogen-bond donors (Lipinski definition) is 1. The molecule has 0 saturated heterocycles. The van der Waals surface area contributed by atoms with E-state index in [1.807, 2.05) is 0 Å². The van der Waals surface area contributed by atoms with Crippen molar-refractivity contribution in [2.45, 2.75) is 117 Å². The smallest absolute Gasteiger partial charge is 0.256 e. The highest BCUT2D eigenvalue weighted by molar-refractivity contribution is 4.84. The minimum absolute atomic E-state index is 0.220. The van der Waals surface area contributed by atoms with Gasteiger partial charge < -0.3 is 5.11 Å². The van der Waals surface area contributed by atoms with Crippen LogP contribution in [0.25, 0.3) is 0 Å². The van der Waals surface area contributed by atoms with Gasteiger partial charge in [0.05, 0.1) is 13.2 Å². The maximum absolute atomic E-state index is 9.19. The second-order valence-corrected chi connectivity index (χ2v) is 7.75. The molecule has 3 nitrogen and oxygen atoms in total. The van der Waals surface area contributed by atoms with Crippen LogP contribution in [0.15, 0.2) is 24.5 Å². The van der Waals surface area contributed by atoms with Crippen molar-refractivity contribution in [1.29, 1.82) is 0 Å². The van der Waals surface area contributed by atoms with Crippen LogP contribution in [0.5, 0.6) is 0 Å². The summed E-state index contributed by atoms with van der Waals surface area (Å²) in [6, 6.07) is 0. The van der Waals surface area contributed by atoms with Gasteiger partial charge in [0.15, 0.2) is 0 Å². The van der Waals surface area contributed by atoms with Crippen molar-refractivity contribution in [2.75, 3.05) is 6.61 Å². The van der Waals surface area contributed by atoms with Crippen LogP contribution in [0.4, 0.5) is 0 Å². The number of unbranched alkanes of at least 4 members (excludes halogenated alkanes) is 11. The number of aliphatic hydroxyl groups is 1. The van der Waals surface area contributed by atoms with Crippen LogP contribution < -0.4 is 4.57 Å². The van der Waals surface area contributed by atoms with E-state index < -0.39 is 0 Å². The first-order chi connectivity index (χ1) is 13.3. The Balaban J connectivity index is 1.97. The number of nitrogens with zero attached hydrogens (tertiary/aromatic N) is 2. The normalized spacial score (nSPS) is 11.7. The van der Waals surface area contributed by atoms with Gasteiger partial charge in [-0.1, -0.05) is 70.4 Å². The average molecular weight is 378 g/mol. The van der Waals surface area contributed by atoms with Crippen LogP contribution in [0.1, 0.15) is 103 Å². The maximum Gasteiger partial charge on any atom is 0.256 e. The summed E-state index contributed by atoms with van der Waals surface area (Å²) in [5.41, 5.74) is 0. The van der Waals surface area contributed by atoms with Crippen molar-refractivity contribution in [2.24, 2.45) is 0 Å². The fourth-order valence-corrected chi connectivity index (χ4v) is 3.74. The van der Waals surface area contributed by atoms with Crippen LogP contribution >= 0.6 is 0 Å². The summed E-state index contributed by atoms with van der Waals surface area (Å²) in [6.07, 6.45) is 27.7. The lowest BCUT2D eigenvalue weighted by Crippen LogP contribution is -2.38. The van der Waals surface area contributed by atoms with Crippen LogP contribution in [0.3, 0.4) is 0 Å². The number of imidazole rings is 1. The van der Waals surface area contributed by atoms with Crippen molar-refractivity contribution in [3.8, 4) is 0 Å². The van der Waals surface area contributed by atoms with Crippen molar-refractivity contribution in [3.05, 3.63) is 30.4 Å². The molecule has 1 rings (SSSR count). The number of aromatic nitrogens is 2. The molecule has 1 N–H and O–H groups in total. The van der Waals surface area contributed by atoms with E-state index in [-0.39, 0.29) is 6.61 Å². The third-order valence-corrected chi connectivity index (χ3v) is 5.43. The Morgan fingerprint density at radius 1 is 0.852 bits per heavy atom. The van der Waals surface area contributed by atoms with E-state index in [1.165, 1.54) is 89.3 Å². The average Bonchev–Trinajstić information content (AvgIpc) is 3.07. The lowest BCUT2D eigenvalue weighted by molar-refractivity contribution is -0.705. The Bertz CT molecular complexity index is 479. The summed E-state index contributed by atoms with van der Waals surface area (Å²) < 4.78 is 4.52. The summed E-state index contributed by atoms with van der Waals surface area (Å²) in [4.78, 5) is 0. The highest BCUT2D eigenvalue weighted by Gasteiger charge is 2.14. The summed E-state index contributed by atoms with van der Waals surface area (Å²) in [5, 5.41) is 9.19. The van der Waals surface area contributed by atoms with Crippen molar-refractivity contribution in [3.63, 3.8) is 0 Å². The molecule has 0 amide bonds. The van der Waals surface area contributed by atoms with Gasteiger partial charge in [-0.15, -0.1) is 0 Å². The predicted molar refractivity (Wildman–Crippen MR) is 116 cm³/mol.